The quantitative estimate of drug-likeness (QED) is 0.708. The van der Waals surface area contributed by atoms with Crippen LogP contribution in [0.1, 0.15) is 32.7 Å². The average Bonchev–Trinajstić information content (AvgIpc) is 3.30. The number of hydrogen-bond donors (Lipinski definition) is 0. The van der Waals surface area contributed by atoms with E-state index in [2.05, 4.69) is 17.1 Å². The van der Waals surface area contributed by atoms with Gasteiger partial charge < -0.3 is 4.90 Å². The van der Waals surface area contributed by atoms with E-state index in [0.29, 0.717) is 19.6 Å². The SMILES string of the molecule is Cn1nc2c(c1-c1ccccc1)CCN(C(=O)c1ccc3c(c1)CN=C3)C2. The lowest BCUT2D eigenvalue weighted by Gasteiger charge is -2.27. The van der Waals surface area contributed by atoms with Gasteiger partial charge in [0, 0.05) is 36.5 Å². The first-order valence-corrected chi connectivity index (χ1v) is 9.23. The topological polar surface area (TPSA) is 50.5 Å². The van der Waals surface area contributed by atoms with Crippen molar-refractivity contribution >= 4 is 12.1 Å². The van der Waals surface area contributed by atoms with Gasteiger partial charge in [-0.2, -0.15) is 5.10 Å². The number of amides is 1. The van der Waals surface area contributed by atoms with E-state index in [-0.39, 0.29) is 5.91 Å². The molecule has 3 aromatic rings. The summed E-state index contributed by atoms with van der Waals surface area (Å²) in [5.74, 6) is 0.0715. The van der Waals surface area contributed by atoms with E-state index < -0.39 is 0 Å². The molecule has 0 atom stereocenters. The molecule has 134 valence electrons. The molecule has 2 aliphatic rings. The summed E-state index contributed by atoms with van der Waals surface area (Å²) in [5.41, 5.74) is 7.57. The Bertz CT molecular complexity index is 1070. The largest absolute Gasteiger partial charge is 0.332 e. The van der Waals surface area contributed by atoms with Crippen molar-refractivity contribution in [2.45, 2.75) is 19.5 Å². The summed E-state index contributed by atoms with van der Waals surface area (Å²) < 4.78 is 1.95. The summed E-state index contributed by atoms with van der Waals surface area (Å²) in [4.78, 5) is 19.2. The summed E-state index contributed by atoms with van der Waals surface area (Å²) in [5, 5.41) is 4.71. The van der Waals surface area contributed by atoms with Crippen LogP contribution in [0.2, 0.25) is 0 Å². The molecule has 0 spiro atoms. The fourth-order valence-electron chi connectivity index (χ4n) is 4.08. The van der Waals surface area contributed by atoms with Crippen molar-refractivity contribution < 1.29 is 4.79 Å². The van der Waals surface area contributed by atoms with Gasteiger partial charge in [-0.05, 0) is 29.7 Å². The van der Waals surface area contributed by atoms with Gasteiger partial charge >= 0.3 is 0 Å². The maximum absolute atomic E-state index is 13.0. The number of aliphatic imine (C=N–C) groups is 1. The minimum atomic E-state index is 0.0715. The van der Waals surface area contributed by atoms with Crippen LogP contribution in [0.25, 0.3) is 11.3 Å². The zero-order chi connectivity index (χ0) is 18.4. The fraction of sp³-hybridized carbons (Fsp3) is 0.227. The number of rotatable bonds is 2. The van der Waals surface area contributed by atoms with Crippen molar-refractivity contribution in [1.29, 1.82) is 0 Å². The Hall–Kier alpha value is -3.21. The van der Waals surface area contributed by atoms with Gasteiger partial charge in [-0.15, -0.1) is 0 Å². The Balaban J connectivity index is 1.43. The van der Waals surface area contributed by atoms with E-state index in [1.807, 2.05) is 59.2 Å². The van der Waals surface area contributed by atoms with Gasteiger partial charge in [0.2, 0.25) is 0 Å². The number of hydrogen-bond acceptors (Lipinski definition) is 3. The summed E-state index contributed by atoms with van der Waals surface area (Å²) in [7, 11) is 1.98. The van der Waals surface area contributed by atoms with Gasteiger partial charge in [-0.1, -0.05) is 36.4 Å². The highest BCUT2D eigenvalue weighted by Gasteiger charge is 2.27. The lowest BCUT2D eigenvalue weighted by atomic mass is 9.99. The number of carbonyl (C=O) groups is 1. The predicted molar refractivity (Wildman–Crippen MR) is 105 cm³/mol. The van der Waals surface area contributed by atoms with E-state index in [9.17, 15) is 4.79 Å². The molecule has 5 nitrogen and oxygen atoms in total. The molecule has 0 N–H and O–H groups in total. The van der Waals surface area contributed by atoms with Crippen LogP contribution in [0.15, 0.2) is 53.5 Å². The lowest BCUT2D eigenvalue weighted by Crippen LogP contribution is -2.36. The highest BCUT2D eigenvalue weighted by Crippen LogP contribution is 2.30. The Morgan fingerprint density at radius 3 is 2.81 bits per heavy atom. The lowest BCUT2D eigenvalue weighted by molar-refractivity contribution is 0.0732. The van der Waals surface area contributed by atoms with E-state index >= 15 is 0 Å². The molecule has 0 saturated carbocycles. The third-order valence-corrected chi connectivity index (χ3v) is 5.42. The van der Waals surface area contributed by atoms with E-state index in [0.717, 1.165) is 34.5 Å². The van der Waals surface area contributed by atoms with Crippen molar-refractivity contribution in [3.63, 3.8) is 0 Å². The van der Waals surface area contributed by atoms with Crippen molar-refractivity contribution in [1.82, 2.24) is 14.7 Å². The number of aryl methyl sites for hydroxylation is 1. The zero-order valence-corrected chi connectivity index (χ0v) is 15.2. The highest BCUT2D eigenvalue weighted by atomic mass is 16.2. The van der Waals surface area contributed by atoms with Crippen LogP contribution in [0.5, 0.6) is 0 Å². The standard InChI is InChI=1S/C22H20N4O/c1-25-21(15-5-3-2-4-6-15)19-9-10-26(14-20(19)24-25)22(27)16-7-8-17-12-23-13-18(17)11-16/h2-8,11-12H,9-10,13-14H2,1H3. The summed E-state index contributed by atoms with van der Waals surface area (Å²) in [6.45, 7) is 1.94. The van der Waals surface area contributed by atoms with Gasteiger partial charge in [-0.3, -0.25) is 14.5 Å². The van der Waals surface area contributed by atoms with Gasteiger partial charge in [0.05, 0.1) is 24.5 Å². The third-order valence-electron chi connectivity index (χ3n) is 5.42. The van der Waals surface area contributed by atoms with E-state index in [1.165, 1.54) is 11.1 Å². The monoisotopic (exact) mass is 356 g/mol. The average molecular weight is 356 g/mol. The second-order valence-electron chi connectivity index (χ2n) is 7.12. The second kappa shape index (κ2) is 6.20. The molecule has 3 heterocycles. The van der Waals surface area contributed by atoms with E-state index in [1.54, 1.807) is 0 Å². The van der Waals surface area contributed by atoms with Crippen LogP contribution in [0.3, 0.4) is 0 Å². The number of aromatic nitrogens is 2. The second-order valence-corrected chi connectivity index (χ2v) is 7.12. The summed E-state index contributed by atoms with van der Waals surface area (Å²) >= 11 is 0. The highest BCUT2D eigenvalue weighted by molar-refractivity contribution is 5.96. The molecule has 1 amide bonds. The number of carbonyl (C=O) groups excluding carboxylic acids is 1. The molecule has 0 saturated heterocycles. The van der Waals surface area contributed by atoms with Crippen LogP contribution in [-0.4, -0.2) is 33.3 Å². The van der Waals surface area contributed by atoms with Crippen LogP contribution in [0.4, 0.5) is 0 Å². The van der Waals surface area contributed by atoms with Crippen molar-refractivity contribution in [2.75, 3.05) is 6.54 Å². The van der Waals surface area contributed by atoms with Crippen molar-refractivity contribution in [3.05, 3.63) is 76.5 Å². The Morgan fingerprint density at radius 1 is 1.11 bits per heavy atom. The maximum Gasteiger partial charge on any atom is 0.254 e. The minimum absolute atomic E-state index is 0.0715. The molecule has 27 heavy (non-hydrogen) atoms. The molecule has 1 aromatic heterocycles. The van der Waals surface area contributed by atoms with Gasteiger partial charge in [0.15, 0.2) is 0 Å². The molecule has 5 rings (SSSR count). The zero-order valence-electron chi connectivity index (χ0n) is 15.2. The first-order chi connectivity index (χ1) is 13.2. The van der Waals surface area contributed by atoms with Crippen LogP contribution < -0.4 is 0 Å². The molecule has 0 bridgehead atoms. The maximum atomic E-state index is 13.0. The van der Waals surface area contributed by atoms with Crippen LogP contribution >= 0.6 is 0 Å². The van der Waals surface area contributed by atoms with Gasteiger partial charge in [0.25, 0.3) is 5.91 Å². The van der Waals surface area contributed by atoms with Crippen LogP contribution in [-0.2, 0) is 26.6 Å². The number of benzene rings is 2. The Labute approximate surface area is 158 Å². The molecule has 5 heteroatoms. The predicted octanol–water partition coefficient (Wildman–Crippen LogP) is 3.22. The molecule has 0 unspecified atom stereocenters. The Morgan fingerprint density at radius 2 is 1.96 bits per heavy atom. The molecule has 0 radical (unpaired) electrons. The number of nitrogens with zero attached hydrogens (tertiary/aromatic N) is 4. The third kappa shape index (κ3) is 2.67. The van der Waals surface area contributed by atoms with E-state index in [4.69, 9.17) is 5.10 Å². The smallest absolute Gasteiger partial charge is 0.254 e. The first-order valence-electron chi connectivity index (χ1n) is 9.23. The minimum Gasteiger partial charge on any atom is -0.332 e. The Kier molecular flexibility index (Phi) is 3.67. The summed E-state index contributed by atoms with van der Waals surface area (Å²) in [6, 6.07) is 16.2. The normalized spacial score (nSPS) is 14.9. The summed E-state index contributed by atoms with van der Waals surface area (Å²) in [6.07, 6.45) is 2.70. The van der Waals surface area contributed by atoms with Crippen molar-refractivity contribution in [2.24, 2.45) is 12.0 Å². The molecular weight excluding hydrogens is 336 g/mol. The molecule has 0 aliphatic carbocycles. The molecule has 2 aromatic carbocycles. The van der Waals surface area contributed by atoms with Gasteiger partial charge in [-0.25, -0.2) is 0 Å². The van der Waals surface area contributed by atoms with Gasteiger partial charge in [0.1, 0.15) is 0 Å². The van der Waals surface area contributed by atoms with Crippen molar-refractivity contribution in [3.8, 4) is 11.3 Å². The number of fused-ring (bicyclic) bond motifs is 2. The molecule has 0 fully saturated rings. The molecule has 2 aliphatic heterocycles. The fourth-order valence-corrected chi connectivity index (χ4v) is 4.08. The first kappa shape index (κ1) is 16.0. The van der Waals surface area contributed by atoms with Crippen LogP contribution in [0, 0.1) is 0 Å². The molecular formula is C22H20N4O.